The van der Waals surface area contributed by atoms with Crippen LogP contribution in [0.1, 0.15) is 19.3 Å². The van der Waals surface area contributed by atoms with Crippen molar-refractivity contribution < 1.29 is 23.1 Å². The van der Waals surface area contributed by atoms with Crippen molar-refractivity contribution in [1.82, 2.24) is 5.32 Å². The van der Waals surface area contributed by atoms with Crippen LogP contribution < -0.4 is 5.32 Å². The maximum Gasteiger partial charge on any atom is 0.303 e. The fourth-order valence-corrected chi connectivity index (χ4v) is 1.34. The van der Waals surface area contributed by atoms with E-state index in [0.29, 0.717) is 0 Å². The molecule has 0 rings (SSSR count). The van der Waals surface area contributed by atoms with Gasteiger partial charge in [-0.25, -0.2) is 8.42 Å². The van der Waals surface area contributed by atoms with Crippen LogP contribution in [0.25, 0.3) is 0 Å². The third kappa shape index (κ3) is 10.8. The van der Waals surface area contributed by atoms with Crippen LogP contribution in [0.5, 0.6) is 0 Å². The van der Waals surface area contributed by atoms with Gasteiger partial charge in [0.25, 0.3) is 0 Å². The molecule has 6 nitrogen and oxygen atoms in total. The zero-order valence-corrected chi connectivity index (χ0v) is 9.34. The fraction of sp³-hybridized carbons (Fsp3) is 0.750. The van der Waals surface area contributed by atoms with Crippen molar-refractivity contribution >= 4 is 21.7 Å². The molecule has 0 bridgehead atoms. The molecule has 0 radical (unpaired) electrons. The lowest BCUT2D eigenvalue weighted by Gasteiger charge is -2.02. The summed E-state index contributed by atoms with van der Waals surface area (Å²) in [5.41, 5.74) is 0. The van der Waals surface area contributed by atoms with Crippen molar-refractivity contribution in [2.75, 3.05) is 18.6 Å². The Hall–Kier alpha value is -1.11. The van der Waals surface area contributed by atoms with Crippen molar-refractivity contribution in [2.24, 2.45) is 0 Å². The molecule has 0 saturated heterocycles. The molecule has 0 aromatic heterocycles. The Labute approximate surface area is 88.6 Å². The topological polar surface area (TPSA) is 101 Å². The molecule has 1 amide bonds. The van der Waals surface area contributed by atoms with Gasteiger partial charge in [-0.3, -0.25) is 9.59 Å². The summed E-state index contributed by atoms with van der Waals surface area (Å²) in [4.78, 5) is 21.1. The molecule has 2 N–H and O–H groups in total. The minimum absolute atomic E-state index is 0.0561. The molecule has 0 unspecified atom stereocenters. The molecule has 0 saturated carbocycles. The van der Waals surface area contributed by atoms with Gasteiger partial charge < -0.3 is 10.4 Å². The lowest BCUT2D eigenvalue weighted by Crippen LogP contribution is -2.28. The van der Waals surface area contributed by atoms with E-state index in [4.69, 9.17) is 5.11 Å². The van der Waals surface area contributed by atoms with E-state index in [1.165, 1.54) is 0 Å². The standard InChI is InChI=1S/C8H15NO5S/c1-15(13,14)6-5-9-7(10)3-2-4-8(11)12/h2-6H2,1H3,(H,9,10)(H,11,12). The Morgan fingerprint density at radius 1 is 1.27 bits per heavy atom. The SMILES string of the molecule is CS(=O)(=O)CCNC(=O)CCCC(=O)O. The Morgan fingerprint density at radius 2 is 1.87 bits per heavy atom. The second kappa shape index (κ2) is 6.39. The summed E-state index contributed by atoms with van der Waals surface area (Å²) in [5.74, 6) is -1.36. The lowest BCUT2D eigenvalue weighted by atomic mass is 10.2. The van der Waals surface area contributed by atoms with Crippen LogP contribution in [0, 0.1) is 0 Å². The zero-order chi connectivity index (χ0) is 11.9. The number of amides is 1. The molecule has 15 heavy (non-hydrogen) atoms. The predicted molar refractivity (Wildman–Crippen MR) is 54.2 cm³/mol. The average molecular weight is 237 g/mol. The molecule has 0 aliphatic carbocycles. The number of carbonyl (C=O) groups is 2. The molecule has 0 aromatic rings. The molecule has 0 aromatic carbocycles. The third-order valence-electron chi connectivity index (χ3n) is 1.59. The first-order valence-electron chi connectivity index (χ1n) is 4.47. The lowest BCUT2D eigenvalue weighted by molar-refractivity contribution is -0.137. The number of sulfone groups is 1. The smallest absolute Gasteiger partial charge is 0.303 e. The van der Waals surface area contributed by atoms with Gasteiger partial charge in [-0.1, -0.05) is 0 Å². The van der Waals surface area contributed by atoms with E-state index in [0.717, 1.165) is 6.26 Å². The molecular weight excluding hydrogens is 222 g/mol. The second-order valence-electron chi connectivity index (χ2n) is 3.23. The Balaban J connectivity index is 3.54. The van der Waals surface area contributed by atoms with Gasteiger partial charge in [0.15, 0.2) is 0 Å². The molecule has 0 fully saturated rings. The molecule has 0 spiro atoms. The Bertz CT molecular complexity index is 322. The van der Waals surface area contributed by atoms with Crippen molar-refractivity contribution in [2.45, 2.75) is 19.3 Å². The highest BCUT2D eigenvalue weighted by atomic mass is 32.2. The number of hydrogen-bond acceptors (Lipinski definition) is 4. The summed E-state index contributed by atoms with van der Waals surface area (Å²) in [6.07, 6.45) is 1.40. The van der Waals surface area contributed by atoms with Crippen molar-refractivity contribution in [3.8, 4) is 0 Å². The Kier molecular flexibility index (Phi) is 5.92. The van der Waals surface area contributed by atoms with E-state index in [9.17, 15) is 18.0 Å². The zero-order valence-electron chi connectivity index (χ0n) is 8.52. The van der Waals surface area contributed by atoms with E-state index in [1.54, 1.807) is 0 Å². The minimum Gasteiger partial charge on any atom is -0.481 e. The summed E-state index contributed by atoms with van der Waals surface area (Å²) >= 11 is 0. The highest BCUT2D eigenvalue weighted by molar-refractivity contribution is 7.90. The highest BCUT2D eigenvalue weighted by Crippen LogP contribution is 1.94. The van der Waals surface area contributed by atoms with Crippen LogP contribution in [-0.2, 0) is 19.4 Å². The van der Waals surface area contributed by atoms with E-state index in [1.807, 2.05) is 0 Å². The van der Waals surface area contributed by atoms with Gasteiger partial charge in [0, 0.05) is 25.6 Å². The average Bonchev–Trinajstić information content (AvgIpc) is 2.00. The number of nitrogens with one attached hydrogen (secondary N) is 1. The van der Waals surface area contributed by atoms with Crippen LogP contribution >= 0.6 is 0 Å². The first-order valence-corrected chi connectivity index (χ1v) is 6.53. The molecule has 7 heteroatoms. The molecule has 0 aliphatic heterocycles. The van der Waals surface area contributed by atoms with Gasteiger partial charge in [-0.15, -0.1) is 0 Å². The van der Waals surface area contributed by atoms with Crippen molar-refractivity contribution in [1.29, 1.82) is 0 Å². The summed E-state index contributed by atoms with van der Waals surface area (Å²) in [6, 6.07) is 0. The third-order valence-corrected chi connectivity index (χ3v) is 2.54. The summed E-state index contributed by atoms with van der Waals surface area (Å²) < 4.78 is 21.4. The maximum absolute atomic E-state index is 11.0. The van der Waals surface area contributed by atoms with Gasteiger partial charge in [0.05, 0.1) is 5.75 Å². The van der Waals surface area contributed by atoms with Gasteiger partial charge >= 0.3 is 5.97 Å². The van der Waals surface area contributed by atoms with E-state index < -0.39 is 15.8 Å². The summed E-state index contributed by atoms with van der Waals surface area (Å²) in [5, 5.41) is 10.7. The minimum atomic E-state index is -3.06. The number of aliphatic carboxylic acids is 1. The first kappa shape index (κ1) is 13.9. The normalized spacial score (nSPS) is 11.0. The van der Waals surface area contributed by atoms with Gasteiger partial charge in [0.2, 0.25) is 5.91 Å². The predicted octanol–water partition coefficient (Wildman–Crippen LogP) is -0.598. The number of hydrogen-bond donors (Lipinski definition) is 2. The van der Waals surface area contributed by atoms with E-state index in [2.05, 4.69) is 5.32 Å². The van der Waals surface area contributed by atoms with Crippen molar-refractivity contribution in [3.63, 3.8) is 0 Å². The van der Waals surface area contributed by atoms with Crippen LogP contribution in [0.3, 0.4) is 0 Å². The van der Waals surface area contributed by atoms with E-state index >= 15 is 0 Å². The van der Waals surface area contributed by atoms with Gasteiger partial charge in [-0.2, -0.15) is 0 Å². The highest BCUT2D eigenvalue weighted by Gasteiger charge is 2.05. The molecule has 0 atom stereocenters. The Morgan fingerprint density at radius 3 is 2.33 bits per heavy atom. The first-order chi connectivity index (χ1) is 6.81. The number of rotatable bonds is 7. The second-order valence-corrected chi connectivity index (χ2v) is 5.49. The van der Waals surface area contributed by atoms with E-state index in [-0.39, 0.29) is 37.5 Å². The van der Waals surface area contributed by atoms with Crippen LogP contribution in [-0.4, -0.2) is 44.0 Å². The van der Waals surface area contributed by atoms with Crippen LogP contribution in [0.4, 0.5) is 0 Å². The monoisotopic (exact) mass is 237 g/mol. The summed E-state index contributed by atoms with van der Waals surface area (Å²) in [6.45, 7) is 0.0741. The fourth-order valence-electron chi connectivity index (χ4n) is 0.864. The molecule has 0 aliphatic rings. The number of carboxylic acids is 1. The van der Waals surface area contributed by atoms with Crippen LogP contribution in [0.15, 0.2) is 0 Å². The maximum atomic E-state index is 11.0. The van der Waals surface area contributed by atoms with Gasteiger partial charge in [-0.05, 0) is 6.42 Å². The molecule has 88 valence electrons. The van der Waals surface area contributed by atoms with Gasteiger partial charge in [0.1, 0.15) is 9.84 Å². The van der Waals surface area contributed by atoms with Crippen molar-refractivity contribution in [3.05, 3.63) is 0 Å². The quantitative estimate of drug-likeness (QED) is 0.616. The largest absolute Gasteiger partial charge is 0.481 e. The summed E-state index contributed by atoms with van der Waals surface area (Å²) in [7, 11) is -3.06. The number of carboxylic acid groups (broad SMARTS) is 1. The number of carbonyl (C=O) groups excluding carboxylic acids is 1. The molecule has 0 heterocycles. The van der Waals surface area contributed by atoms with Crippen LogP contribution in [0.2, 0.25) is 0 Å². The molecular formula is C8H15NO5S.